The highest BCUT2D eigenvalue weighted by Crippen LogP contribution is 2.33. The summed E-state index contributed by atoms with van der Waals surface area (Å²) < 4.78 is 0. The molecule has 0 spiro atoms. The molecule has 3 rings (SSSR count). The van der Waals surface area contributed by atoms with Crippen LogP contribution < -0.4 is 0 Å². The van der Waals surface area contributed by atoms with Crippen LogP contribution in [0.15, 0.2) is 42.5 Å². The van der Waals surface area contributed by atoms with Gasteiger partial charge in [0.1, 0.15) is 0 Å². The summed E-state index contributed by atoms with van der Waals surface area (Å²) in [7, 11) is 0. The molecule has 0 heteroatoms. The second-order valence-electron chi connectivity index (χ2n) is 6.62. The minimum absolute atomic E-state index is 1.20. The van der Waals surface area contributed by atoms with Crippen molar-refractivity contribution in [3.05, 3.63) is 59.2 Å². The van der Waals surface area contributed by atoms with E-state index in [1.54, 1.807) is 16.7 Å². The smallest absolute Gasteiger partial charge is 0.00997 e. The Morgan fingerprint density at radius 1 is 0.609 bits per heavy atom. The monoisotopic (exact) mass is 304 g/mol. The quantitative estimate of drug-likeness (QED) is 0.437. The molecule has 0 atom stereocenters. The molecule has 0 aromatic heterocycles. The molecule has 0 saturated carbocycles. The van der Waals surface area contributed by atoms with Gasteiger partial charge >= 0.3 is 0 Å². The summed E-state index contributed by atoms with van der Waals surface area (Å²) >= 11 is 0. The molecule has 0 fully saturated rings. The fourth-order valence-electron chi connectivity index (χ4n) is 3.92. The largest absolute Gasteiger partial charge is 0.0651 e. The highest BCUT2D eigenvalue weighted by Gasteiger charge is 2.13. The van der Waals surface area contributed by atoms with Crippen LogP contribution in [0.2, 0.25) is 0 Å². The maximum Gasteiger partial charge on any atom is -0.00997 e. The maximum atomic E-state index is 2.49. The van der Waals surface area contributed by atoms with E-state index in [4.69, 9.17) is 0 Å². The fourth-order valence-corrected chi connectivity index (χ4v) is 3.92. The van der Waals surface area contributed by atoms with Crippen molar-refractivity contribution >= 4 is 21.5 Å². The van der Waals surface area contributed by atoms with Gasteiger partial charge in [-0.05, 0) is 57.5 Å². The predicted octanol–water partition coefficient (Wildman–Crippen LogP) is 6.85. The summed E-state index contributed by atoms with van der Waals surface area (Å²) in [5, 5.41) is 5.69. The summed E-state index contributed by atoms with van der Waals surface area (Å²) in [5.74, 6) is 0. The van der Waals surface area contributed by atoms with Gasteiger partial charge in [-0.25, -0.2) is 0 Å². The van der Waals surface area contributed by atoms with Gasteiger partial charge in [0.15, 0.2) is 0 Å². The van der Waals surface area contributed by atoms with Crippen molar-refractivity contribution in [1.29, 1.82) is 0 Å². The van der Waals surface area contributed by atoms with E-state index in [2.05, 4.69) is 63.2 Å². The Morgan fingerprint density at radius 3 is 2.04 bits per heavy atom. The Morgan fingerprint density at radius 2 is 1.30 bits per heavy atom. The molecule has 3 aromatic rings. The molecule has 0 N–H and O–H groups in total. The number of benzene rings is 3. The summed E-state index contributed by atoms with van der Waals surface area (Å²) in [6, 6.07) is 16.0. The van der Waals surface area contributed by atoms with Crippen LogP contribution in [0.3, 0.4) is 0 Å². The Labute approximate surface area is 140 Å². The summed E-state index contributed by atoms with van der Waals surface area (Å²) in [5.41, 5.74) is 4.83. The van der Waals surface area contributed by atoms with Gasteiger partial charge in [-0.3, -0.25) is 0 Å². The van der Waals surface area contributed by atoms with E-state index >= 15 is 0 Å². The van der Waals surface area contributed by atoms with Crippen LogP contribution in [-0.4, -0.2) is 0 Å². The van der Waals surface area contributed by atoms with Crippen molar-refractivity contribution < 1.29 is 0 Å². The second-order valence-corrected chi connectivity index (χ2v) is 6.62. The van der Waals surface area contributed by atoms with Gasteiger partial charge in [0.25, 0.3) is 0 Å². The first-order valence-corrected chi connectivity index (χ1v) is 9.25. The molecule has 3 aromatic carbocycles. The SMILES string of the molecule is CCCc1cc2c(ccc3ccccc32)c(CCC)c1CCC. The molecule has 0 aliphatic rings. The van der Waals surface area contributed by atoms with E-state index < -0.39 is 0 Å². The summed E-state index contributed by atoms with van der Waals surface area (Å²) in [6.07, 6.45) is 7.28. The Balaban J connectivity index is 2.38. The van der Waals surface area contributed by atoms with Crippen LogP contribution in [0.5, 0.6) is 0 Å². The normalized spacial score (nSPS) is 11.4. The summed E-state index contributed by atoms with van der Waals surface area (Å²) in [4.78, 5) is 0. The van der Waals surface area contributed by atoms with Crippen LogP contribution in [-0.2, 0) is 19.3 Å². The van der Waals surface area contributed by atoms with E-state index in [0.717, 1.165) is 0 Å². The average Bonchev–Trinajstić information content (AvgIpc) is 2.58. The topological polar surface area (TPSA) is 0 Å². The van der Waals surface area contributed by atoms with Gasteiger partial charge < -0.3 is 0 Å². The predicted molar refractivity (Wildman–Crippen MR) is 103 cm³/mol. The first-order chi connectivity index (χ1) is 11.3. The Kier molecular flexibility index (Phi) is 5.00. The standard InChI is InChI=1S/C23H28/c1-4-9-18-16-23-20-13-8-7-12-17(20)14-15-22(23)21(11-6-3)19(18)10-5-2/h7-8,12-16H,4-6,9-11H2,1-3H3. The highest BCUT2D eigenvalue weighted by atomic mass is 14.2. The van der Waals surface area contributed by atoms with Crippen LogP contribution >= 0.6 is 0 Å². The first kappa shape index (κ1) is 16.1. The van der Waals surface area contributed by atoms with E-state index in [1.807, 2.05) is 0 Å². The number of hydrogen-bond acceptors (Lipinski definition) is 0. The molecule has 120 valence electrons. The second kappa shape index (κ2) is 7.17. The van der Waals surface area contributed by atoms with Crippen molar-refractivity contribution in [3.63, 3.8) is 0 Å². The molecular formula is C23H28. The number of hydrogen-bond donors (Lipinski definition) is 0. The lowest BCUT2D eigenvalue weighted by atomic mass is 9.86. The number of aryl methyl sites for hydroxylation is 2. The molecule has 0 saturated heterocycles. The molecule has 0 radical (unpaired) electrons. The van der Waals surface area contributed by atoms with Crippen molar-refractivity contribution in [1.82, 2.24) is 0 Å². The highest BCUT2D eigenvalue weighted by molar-refractivity contribution is 6.09. The molecule has 0 aliphatic carbocycles. The molecule has 0 unspecified atom stereocenters. The third-order valence-electron chi connectivity index (χ3n) is 4.89. The van der Waals surface area contributed by atoms with Crippen molar-refractivity contribution in [2.75, 3.05) is 0 Å². The molecule has 0 bridgehead atoms. The van der Waals surface area contributed by atoms with Crippen LogP contribution in [0.4, 0.5) is 0 Å². The van der Waals surface area contributed by atoms with Crippen LogP contribution in [0.1, 0.15) is 56.7 Å². The zero-order chi connectivity index (χ0) is 16.2. The summed E-state index contributed by atoms with van der Waals surface area (Å²) in [6.45, 7) is 6.90. The lowest BCUT2D eigenvalue weighted by Gasteiger charge is -2.19. The Hall–Kier alpha value is -1.82. The fraction of sp³-hybridized carbons (Fsp3) is 0.391. The van der Waals surface area contributed by atoms with Crippen LogP contribution in [0.25, 0.3) is 21.5 Å². The van der Waals surface area contributed by atoms with E-state index in [1.165, 1.54) is 60.1 Å². The van der Waals surface area contributed by atoms with Crippen molar-refractivity contribution in [2.24, 2.45) is 0 Å². The van der Waals surface area contributed by atoms with E-state index in [-0.39, 0.29) is 0 Å². The minimum Gasteiger partial charge on any atom is -0.0651 e. The molecule has 0 heterocycles. The molecule has 0 aliphatic heterocycles. The van der Waals surface area contributed by atoms with Crippen molar-refractivity contribution in [2.45, 2.75) is 59.3 Å². The van der Waals surface area contributed by atoms with Crippen LogP contribution in [0, 0.1) is 0 Å². The third-order valence-corrected chi connectivity index (χ3v) is 4.89. The van der Waals surface area contributed by atoms with Crippen molar-refractivity contribution in [3.8, 4) is 0 Å². The van der Waals surface area contributed by atoms with Gasteiger partial charge in [-0.15, -0.1) is 0 Å². The maximum absolute atomic E-state index is 2.49. The average molecular weight is 304 g/mol. The number of fused-ring (bicyclic) bond motifs is 3. The van der Waals surface area contributed by atoms with Gasteiger partial charge in [0, 0.05) is 0 Å². The lowest BCUT2D eigenvalue weighted by molar-refractivity contribution is 0.832. The lowest BCUT2D eigenvalue weighted by Crippen LogP contribution is -2.02. The minimum atomic E-state index is 1.20. The van der Waals surface area contributed by atoms with Gasteiger partial charge in [-0.1, -0.05) is 82.5 Å². The van der Waals surface area contributed by atoms with Gasteiger partial charge in [-0.2, -0.15) is 0 Å². The van der Waals surface area contributed by atoms with Gasteiger partial charge in [0.05, 0.1) is 0 Å². The first-order valence-electron chi connectivity index (χ1n) is 9.25. The third kappa shape index (κ3) is 3.00. The molecule has 23 heavy (non-hydrogen) atoms. The van der Waals surface area contributed by atoms with E-state index in [9.17, 15) is 0 Å². The zero-order valence-corrected chi connectivity index (χ0v) is 14.8. The van der Waals surface area contributed by atoms with Gasteiger partial charge in [0.2, 0.25) is 0 Å². The Bertz CT molecular complexity index is 811. The molecular weight excluding hydrogens is 276 g/mol. The molecule has 0 nitrogen and oxygen atoms in total. The number of rotatable bonds is 6. The zero-order valence-electron chi connectivity index (χ0n) is 14.8. The molecule has 0 amide bonds. The van der Waals surface area contributed by atoms with E-state index in [0.29, 0.717) is 0 Å².